The van der Waals surface area contributed by atoms with Crippen LogP contribution in [-0.2, 0) is 4.79 Å². The molecule has 0 saturated carbocycles. The summed E-state index contributed by atoms with van der Waals surface area (Å²) >= 11 is 6.54. The monoisotopic (exact) mass is 635 g/mol. The fourth-order valence-corrected chi connectivity index (χ4v) is 6.42. The number of aromatic nitrogens is 3. The molecule has 3 atom stereocenters. The minimum absolute atomic E-state index is 0.0341. The summed E-state index contributed by atoms with van der Waals surface area (Å²) in [5, 5.41) is 11.6. The first-order valence-electron chi connectivity index (χ1n) is 14.4. The van der Waals surface area contributed by atoms with Gasteiger partial charge in [0.05, 0.1) is 23.9 Å². The number of carbonyl (C=O) groups is 1. The molecule has 0 bridgehead atoms. The standard InChI is InChI=1S/C32H29ClF3N7O2/c1-18(34)31(44)43-12-11-42(16-21(43)9-10-37)30-24-14-38-28(23-7-3-5-19-6-4-8-25(33)26(19)23)27(36)29(24)39-32(40-30)45-17-22-13-20(35)15-41(22)2/h3-8,14,20-22H,1,9,11-13,15-17H2,2H3/t20-,21+,22+/m1/s1. The molecule has 13 heteroatoms. The Morgan fingerprint density at radius 1 is 1.18 bits per heavy atom. The number of likely N-dealkylation sites (tertiary alicyclic amines) is 1. The number of hydrogen-bond acceptors (Lipinski definition) is 8. The number of ether oxygens (including phenoxy) is 1. The number of rotatable bonds is 7. The number of nitrogens with zero attached hydrogens (tertiary/aromatic N) is 7. The highest BCUT2D eigenvalue weighted by Crippen LogP contribution is 2.38. The SMILES string of the molecule is C=C(F)C(=O)N1CCN(c2nc(OC[C@@H]3C[C@@H](F)CN3C)nc3c(F)c(-c4cccc5cccc(Cl)c45)ncc23)C[C@@H]1CC#N. The Labute approximate surface area is 262 Å². The minimum atomic E-state index is -1.12. The summed E-state index contributed by atoms with van der Waals surface area (Å²) < 4.78 is 50.3. The molecule has 232 valence electrons. The predicted octanol–water partition coefficient (Wildman–Crippen LogP) is 5.47. The van der Waals surface area contributed by atoms with Crippen LogP contribution in [0.2, 0.25) is 5.02 Å². The lowest BCUT2D eigenvalue weighted by molar-refractivity contribution is -0.131. The van der Waals surface area contributed by atoms with Crippen molar-refractivity contribution in [1.29, 1.82) is 5.26 Å². The van der Waals surface area contributed by atoms with E-state index in [1.165, 1.54) is 11.1 Å². The number of halogens is 4. The Bertz CT molecular complexity index is 1850. The summed E-state index contributed by atoms with van der Waals surface area (Å²) in [5.41, 5.74) is 0.459. The molecule has 9 nitrogen and oxygen atoms in total. The molecule has 0 unspecified atom stereocenters. The summed E-state index contributed by atoms with van der Waals surface area (Å²) in [5.74, 6) is -2.44. The molecule has 0 aliphatic carbocycles. The predicted molar refractivity (Wildman–Crippen MR) is 165 cm³/mol. The molecule has 4 aromatic rings. The molecule has 2 aromatic carbocycles. The summed E-state index contributed by atoms with van der Waals surface area (Å²) in [4.78, 5) is 30.9. The van der Waals surface area contributed by atoms with Crippen molar-refractivity contribution in [2.75, 3.05) is 44.7 Å². The van der Waals surface area contributed by atoms with Crippen molar-refractivity contribution >= 4 is 45.0 Å². The van der Waals surface area contributed by atoms with Gasteiger partial charge < -0.3 is 14.5 Å². The van der Waals surface area contributed by atoms with Crippen LogP contribution in [0.25, 0.3) is 32.9 Å². The van der Waals surface area contributed by atoms with Crippen LogP contribution in [0.1, 0.15) is 12.8 Å². The molecule has 1 amide bonds. The first kappa shape index (κ1) is 30.6. The van der Waals surface area contributed by atoms with Crippen molar-refractivity contribution < 1.29 is 22.7 Å². The Morgan fingerprint density at radius 3 is 2.67 bits per heavy atom. The van der Waals surface area contributed by atoms with Crippen LogP contribution in [0.15, 0.2) is 55.0 Å². The smallest absolute Gasteiger partial charge is 0.319 e. The molecule has 2 aliphatic heterocycles. The van der Waals surface area contributed by atoms with Gasteiger partial charge in [0.1, 0.15) is 29.8 Å². The number of hydrogen-bond donors (Lipinski definition) is 0. The molecule has 2 aromatic heterocycles. The maximum absolute atomic E-state index is 16.6. The van der Waals surface area contributed by atoms with Crippen LogP contribution < -0.4 is 9.64 Å². The highest BCUT2D eigenvalue weighted by atomic mass is 35.5. The fourth-order valence-electron chi connectivity index (χ4n) is 6.14. The average Bonchev–Trinajstić information content (AvgIpc) is 3.36. The van der Waals surface area contributed by atoms with Gasteiger partial charge in [-0.3, -0.25) is 14.7 Å². The van der Waals surface area contributed by atoms with E-state index in [0.717, 1.165) is 5.39 Å². The number of carbonyl (C=O) groups excluding carboxylic acids is 1. The van der Waals surface area contributed by atoms with E-state index in [4.69, 9.17) is 16.3 Å². The van der Waals surface area contributed by atoms with Crippen LogP contribution >= 0.6 is 11.6 Å². The van der Waals surface area contributed by atoms with Gasteiger partial charge in [0.25, 0.3) is 5.91 Å². The van der Waals surface area contributed by atoms with Gasteiger partial charge in [0.15, 0.2) is 11.6 Å². The fraction of sp³-hybridized carbons (Fsp3) is 0.344. The zero-order chi connectivity index (χ0) is 31.8. The first-order chi connectivity index (χ1) is 21.7. The number of nitriles is 1. The summed E-state index contributed by atoms with van der Waals surface area (Å²) in [6, 6.07) is 11.8. The largest absolute Gasteiger partial charge is 0.462 e. The lowest BCUT2D eigenvalue weighted by Gasteiger charge is -2.41. The van der Waals surface area contributed by atoms with Gasteiger partial charge in [0.2, 0.25) is 0 Å². The molecular weight excluding hydrogens is 607 g/mol. The van der Waals surface area contributed by atoms with E-state index in [2.05, 4.69) is 21.5 Å². The second-order valence-electron chi connectivity index (χ2n) is 11.3. The van der Waals surface area contributed by atoms with E-state index < -0.39 is 29.8 Å². The molecule has 2 fully saturated rings. The normalized spacial score (nSPS) is 20.5. The molecule has 2 saturated heterocycles. The van der Waals surface area contributed by atoms with Gasteiger partial charge in [0, 0.05) is 54.4 Å². The van der Waals surface area contributed by atoms with E-state index >= 15 is 4.39 Å². The summed E-state index contributed by atoms with van der Waals surface area (Å²) in [7, 11) is 1.80. The third kappa shape index (κ3) is 5.85. The summed E-state index contributed by atoms with van der Waals surface area (Å²) in [6.07, 6.45) is 0.708. The lowest BCUT2D eigenvalue weighted by atomic mass is 10.0. The Balaban J connectivity index is 1.45. The zero-order valence-corrected chi connectivity index (χ0v) is 25.1. The number of amides is 1. The quantitative estimate of drug-likeness (QED) is 0.247. The van der Waals surface area contributed by atoms with Gasteiger partial charge in [-0.1, -0.05) is 48.5 Å². The summed E-state index contributed by atoms with van der Waals surface area (Å²) in [6.45, 7) is 3.85. The molecule has 2 aliphatic rings. The number of pyridine rings is 1. The zero-order valence-electron chi connectivity index (χ0n) is 24.4. The number of fused-ring (bicyclic) bond motifs is 2. The third-order valence-electron chi connectivity index (χ3n) is 8.40. The second-order valence-corrected chi connectivity index (χ2v) is 11.7. The van der Waals surface area contributed by atoms with Crippen molar-refractivity contribution in [3.05, 3.63) is 65.8 Å². The highest BCUT2D eigenvalue weighted by Gasteiger charge is 2.34. The van der Waals surface area contributed by atoms with Crippen LogP contribution in [0.5, 0.6) is 6.01 Å². The van der Waals surface area contributed by atoms with Gasteiger partial charge in [-0.2, -0.15) is 15.2 Å². The molecule has 0 radical (unpaired) electrons. The maximum atomic E-state index is 16.6. The van der Waals surface area contributed by atoms with Crippen molar-refractivity contribution in [3.63, 3.8) is 0 Å². The lowest BCUT2D eigenvalue weighted by Crippen LogP contribution is -2.55. The molecule has 4 heterocycles. The topological polar surface area (TPSA) is 98.5 Å². The third-order valence-corrected chi connectivity index (χ3v) is 8.71. The second kappa shape index (κ2) is 12.5. The van der Waals surface area contributed by atoms with Crippen LogP contribution in [0, 0.1) is 17.1 Å². The molecular formula is C32H29ClF3N7O2. The van der Waals surface area contributed by atoms with Crippen LogP contribution in [0.4, 0.5) is 19.0 Å². The number of anilines is 1. The average molecular weight is 636 g/mol. The van der Waals surface area contributed by atoms with E-state index in [1.54, 1.807) is 30.1 Å². The molecule has 6 rings (SSSR count). The Morgan fingerprint density at radius 2 is 1.96 bits per heavy atom. The minimum Gasteiger partial charge on any atom is -0.462 e. The van der Waals surface area contributed by atoms with Crippen molar-refractivity contribution in [3.8, 4) is 23.3 Å². The maximum Gasteiger partial charge on any atom is 0.319 e. The number of benzene rings is 2. The van der Waals surface area contributed by atoms with Crippen LogP contribution in [-0.4, -0.2) is 88.7 Å². The molecule has 45 heavy (non-hydrogen) atoms. The number of alkyl halides is 1. The van der Waals surface area contributed by atoms with E-state index in [9.17, 15) is 18.8 Å². The number of likely N-dealkylation sites (N-methyl/N-ethyl adjacent to an activating group) is 1. The highest BCUT2D eigenvalue weighted by molar-refractivity contribution is 6.36. The Hall–Kier alpha value is -4.47. The van der Waals surface area contributed by atoms with Gasteiger partial charge in [-0.25, -0.2) is 13.2 Å². The first-order valence-corrected chi connectivity index (χ1v) is 14.8. The molecule has 0 N–H and O–H groups in total. The van der Waals surface area contributed by atoms with Gasteiger partial charge in [-0.05, 0) is 24.9 Å². The number of piperazine rings is 1. The van der Waals surface area contributed by atoms with E-state index in [-0.39, 0.29) is 80.1 Å². The van der Waals surface area contributed by atoms with Crippen molar-refractivity contribution in [1.82, 2.24) is 24.8 Å². The Kier molecular flexibility index (Phi) is 8.48. The van der Waals surface area contributed by atoms with Crippen LogP contribution in [0.3, 0.4) is 0 Å². The van der Waals surface area contributed by atoms with E-state index in [0.29, 0.717) is 16.0 Å². The van der Waals surface area contributed by atoms with Crippen molar-refractivity contribution in [2.24, 2.45) is 0 Å². The van der Waals surface area contributed by atoms with Gasteiger partial charge >= 0.3 is 6.01 Å². The van der Waals surface area contributed by atoms with Crippen molar-refractivity contribution in [2.45, 2.75) is 31.1 Å². The van der Waals surface area contributed by atoms with E-state index in [1.807, 2.05) is 29.2 Å². The van der Waals surface area contributed by atoms with Gasteiger partial charge in [-0.15, -0.1) is 0 Å². The molecule has 0 spiro atoms.